The number of aromatic nitrogens is 2. The normalized spacial score (nSPS) is 25.1. The Balaban J connectivity index is 1.88. The summed E-state index contributed by atoms with van der Waals surface area (Å²) in [6.45, 7) is 1.12. The van der Waals surface area contributed by atoms with Crippen molar-refractivity contribution in [1.82, 2.24) is 10.1 Å². The van der Waals surface area contributed by atoms with Crippen LogP contribution in [0.3, 0.4) is 0 Å². The van der Waals surface area contributed by atoms with Gasteiger partial charge in [-0.2, -0.15) is 4.98 Å². The molecule has 0 aliphatic carbocycles. The highest BCUT2D eigenvalue weighted by Crippen LogP contribution is 2.27. The van der Waals surface area contributed by atoms with Gasteiger partial charge in [-0.15, -0.1) is 11.3 Å². The second-order valence-corrected chi connectivity index (χ2v) is 4.69. The van der Waals surface area contributed by atoms with Crippen LogP contribution in [0.25, 0.3) is 10.7 Å². The summed E-state index contributed by atoms with van der Waals surface area (Å²) in [4.78, 5) is 5.36. The molecule has 1 saturated heterocycles. The summed E-state index contributed by atoms with van der Waals surface area (Å²) in [6, 6.07) is 3.88. The van der Waals surface area contributed by atoms with E-state index in [-0.39, 0.29) is 12.0 Å². The van der Waals surface area contributed by atoms with E-state index in [4.69, 9.17) is 15.0 Å². The lowest BCUT2D eigenvalue weighted by Crippen LogP contribution is -2.26. The summed E-state index contributed by atoms with van der Waals surface area (Å²) >= 11 is 1.59. The Bertz CT molecular complexity index is 468. The minimum absolute atomic E-state index is 0.0289. The summed E-state index contributed by atoms with van der Waals surface area (Å²) in [5.74, 6) is 1.23. The number of hydrogen-bond acceptors (Lipinski definition) is 6. The molecule has 1 aliphatic rings. The Morgan fingerprint density at radius 1 is 1.44 bits per heavy atom. The maximum absolute atomic E-state index is 5.89. The molecule has 0 radical (unpaired) electrons. The predicted molar refractivity (Wildman–Crippen MR) is 59.1 cm³/mol. The molecule has 6 heteroatoms. The SMILES string of the molecule is NC1COCC1c1nc(-c2cccs2)no1. The minimum Gasteiger partial charge on any atom is -0.379 e. The van der Waals surface area contributed by atoms with Crippen LogP contribution in [0, 0.1) is 0 Å². The average molecular weight is 237 g/mol. The minimum atomic E-state index is -0.0448. The molecule has 2 aromatic rings. The van der Waals surface area contributed by atoms with Gasteiger partial charge in [-0.3, -0.25) is 0 Å². The third-order valence-corrected chi connectivity index (χ3v) is 3.49. The Labute approximate surface area is 96.2 Å². The van der Waals surface area contributed by atoms with E-state index in [1.165, 1.54) is 0 Å². The molecule has 0 aromatic carbocycles. The van der Waals surface area contributed by atoms with Crippen LogP contribution < -0.4 is 5.73 Å². The first-order valence-electron chi connectivity index (χ1n) is 5.05. The van der Waals surface area contributed by atoms with Gasteiger partial charge < -0.3 is 15.0 Å². The van der Waals surface area contributed by atoms with Gasteiger partial charge in [0.2, 0.25) is 11.7 Å². The summed E-state index contributed by atoms with van der Waals surface area (Å²) in [5.41, 5.74) is 5.89. The van der Waals surface area contributed by atoms with Crippen molar-refractivity contribution < 1.29 is 9.26 Å². The van der Waals surface area contributed by atoms with E-state index in [9.17, 15) is 0 Å². The highest BCUT2D eigenvalue weighted by molar-refractivity contribution is 7.13. The van der Waals surface area contributed by atoms with Gasteiger partial charge in [-0.25, -0.2) is 0 Å². The number of nitrogens with zero attached hydrogens (tertiary/aromatic N) is 2. The van der Waals surface area contributed by atoms with Gasteiger partial charge in [-0.1, -0.05) is 11.2 Å². The smallest absolute Gasteiger partial charge is 0.234 e. The third kappa shape index (κ3) is 1.64. The van der Waals surface area contributed by atoms with E-state index in [0.717, 1.165) is 4.88 Å². The van der Waals surface area contributed by atoms with Crippen LogP contribution in [0.15, 0.2) is 22.0 Å². The topological polar surface area (TPSA) is 74.2 Å². The van der Waals surface area contributed by atoms with Crippen molar-refractivity contribution in [2.24, 2.45) is 5.73 Å². The number of ether oxygens (including phenoxy) is 1. The second kappa shape index (κ2) is 3.97. The summed E-state index contributed by atoms with van der Waals surface area (Å²) < 4.78 is 10.5. The molecular weight excluding hydrogens is 226 g/mol. The van der Waals surface area contributed by atoms with Gasteiger partial charge in [-0.05, 0) is 11.4 Å². The Morgan fingerprint density at radius 3 is 3.06 bits per heavy atom. The molecule has 2 N–H and O–H groups in total. The molecule has 0 amide bonds. The fraction of sp³-hybridized carbons (Fsp3) is 0.400. The monoisotopic (exact) mass is 237 g/mol. The van der Waals surface area contributed by atoms with Crippen molar-refractivity contribution in [3.63, 3.8) is 0 Å². The maximum Gasteiger partial charge on any atom is 0.234 e. The first-order valence-corrected chi connectivity index (χ1v) is 5.93. The molecular formula is C10H11N3O2S. The van der Waals surface area contributed by atoms with Crippen LogP contribution >= 0.6 is 11.3 Å². The first-order chi connectivity index (χ1) is 7.84. The highest BCUT2D eigenvalue weighted by Gasteiger charge is 2.31. The zero-order chi connectivity index (χ0) is 11.0. The van der Waals surface area contributed by atoms with Crippen molar-refractivity contribution in [1.29, 1.82) is 0 Å². The molecule has 16 heavy (non-hydrogen) atoms. The number of hydrogen-bond donors (Lipinski definition) is 1. The van der Waals surface area contributed by atoms with Crippen LogP contribution in [-0.4, -0.2) is 29.4 Å². The van der Waals surface area contributed by atoms with Crippen LogP contribution in [0.5, 0.6) is 0 Å². The largest absolute Gasteiger partial charge is 0.379 e. The summed E-state index contributed by atoms with van der Waals surface area (Å²) in [5, 5.41) is 5.93. The van der Waals surface area contributed by atoms with Crippen molar-refractivity contribution in [3.05, 3.63) is 23.4 Å². The standard InChI is InChI=1S/C10H11N3O2S/c11-7-5-14-4-6(7)10-12-9(13-15-10)8-2-1-3-16-8/h1-3,6-7H,4-5,11H2. The maximum atomic E-state index is 5.89. The molecule has 5 nitrogen and oxygen atoms in total. The van der Waals surface area contributed by atoms with E-state index in [2.05, 4.69) is 10.1 Å². The molecule has 0 spiro atoms. The van der Waals surface area contributed by atoms with Gasteiger partial charge >= 0.3 is 0 Å². The van der Waals surface area contributed by atoms with Crippen LogP contribution in [0.1, 0.15) is 11.8 Å². The second-order valence-electron chi connectivity index (χ2n) is 3.74. The van der Waals surface area contributed by atoms with Gasteiger partial charge in [0.1, 0.15) is 0 Å². The van der Waals surface area contributed by atoms with E-state index < -0.39 is 0 Å². The molecule has 84 valence electrons. The third-order valence-electron chi connectivity index (χ3n) is 2.63. The quantitative estimate of drug-likeness (QED) is 0.850. The van der Waals surface area contributed by atoms with Crippen molar-refractivity contribution in [2.75, 3.05) is 13.2 Å². The number of thiophene rings is 1. The molecule has 3 heterocycles. The molecule has 0 bridgehead atoms. The molecule has 2 aromatic heterocycles. The van der Waals surface area contributed by atoms with Gasteiger partial charge in [0, 0.05) is 6.04 Å². The fourth-order valence-electron chi connectivity index (χ4n) is 1.72. The lowest BCUT2D eigenvalue weighted by atomic mass is 10.1. The van der Waals surface area contributed by atoms with Gasteiger partial charge in [0.15, 0.2) is 0 Å². The van der Waals surface area contributed by atoms with E-state index in [1.54, 1.807) is 11.3 Å². The fourth-order valence-corrected chi connectivity index (χ4v) is 2.37. The Morgan fingerprint density at radius 2 is 2.38 bits per heavy atom. The molecule has 2 unspecified atom stereocenters. The molecule has 1 fully saturated rings. The average Bonchev–Trinajstić information content (AvgIpc) is 2.96. The zero-order valence-corrected chi connectivity index (χ0v) is 9.31. The Hall–Kier alpha value is -1.24. The summed E-state index contributed by atoms with van der Waals surface area (Å²) in [7, 11) is 0. The zero-order valence-electron chi connectivity index (χ0n) is 8.50. The lowest BCUT2D eigenvalue weighted by molar-refractivity contribution is 0.187. The summed E-state index contributed by atoms with van der Waals surface area (Å²) in [6.07, 6.45) is 0. The number of nitrogens with two attached hydrogens (primary N) is 1. The van der Waals surface area contributed by atoms with Crippen molar-refractivity contribution >= 4 is 11.3 Å². The van der Waals surface area contributed by atoms with Crippen LogP contribution in [-0.2, 0) is 4.74 Å². The number of rotatable bonds is 2. The Kier molecular flexibility index (Phi) is 2.47. The molecule has 2 atom stereocenters. The van der Waals surface area contributed by atoms with Crippen LogP contribution in [0.4, 0.5) is 0 Å². The predicted octanol–water partition coefficient (Wildman–Crippen LogP) is 1.24. The highest BCUT2D eigenvalue weighted by atomic mass is 32.1. The van der Waals surface area contributed by atoms with Crippen LogP contribution in [0.2, 0.25) is 0 Å². The van der Waals surface area contributed by atoms with Crippen molar-refractivity contribution in [2.45, 2.75) is 12.0 Å². The molecule has 3 rings (SSSR count). The van der Waals surface area contributed by atoms with E-state index in [1.807, 2.05) is 17.5 Å². The van der Waals surface area contributed by atoms with E-state index >= 15 is 0 Å². The first kappa shape index (κ1) is 9.95. The molecule has 1 aliphatic heterocycles. The van der Waals surface area contributed by atoms with Gasteiger partial charge in [0.25, 0.3) is 0 Å². The molecule has 0 saturated carbocycles. The van der Waals surface area contributed by atoms with Crippen molar-refractivity contribution in [3.8, 4) is 10.7 Å². The lowest BCUT2D eigenvalue weighted by Gasteiger charge is -2.05. The van der Waals surface area contributed by atoms with Gasteiger partial charge in [0.05, 0.1) is 24.0 Å². The van der Waals surface area contributed by atoms with E-state index in [0.29, 0.717) is 24.9 Å².